The Hall–Kier alpha value is -1.65. The van der Waals surface area contributed by atoms with Gasteiger partial charge in [-0.05, 0) is 18.4 Å². The highest BCUT2D eigenvalue weighted by molar-refractivity contribution is 5.18. The molecule has 2 atom stereocenters. The average molecular weight is 285 g/mol. The molecule has 21 heavy (non-hydrogen) atoms. The van der Waals surface area contributed by atoms with Crippen LogP contribution < -0.4 is 5.32 Å². The number of aromatic nitrogens is 2. The molecule has 1 fully saturated rings. The van der Waals surface area contributed by atoms with Crippen molar-refractivity contribution in [2.45, 2.75) is 25.5 Å². The summed E-state index contributed by atoms with van der Waals surface area (Å²) in [7, 11) is 2.03. The Kier molecular flexibility index (Phi) is 4.68. The van der Waals surface area contributed by atoms with Gasteiger partial charge in [-0.15, -0.1) is 0 Å². The number of imidazole rings is 1. The summed E-state index contributed by atoms with van der Waals surface area (Å²) in [5.74, 6) is 0.536. The first-order valence-corrected chi connectivity index (χ1v) is 7.67. The first-order valence-electron chi connectivity index (χ1n) is 7.67. The van der Waals surface area contributed by atoms with Crippen LogP contribution in [0.15, 0.2) is 42.9 Å². The molecule has 0 bridgehead atoms. The van der Waals surface area contributed by atoms with Crippen LogP contribution in [-0.4, -0.2) is 22.7 Å². The van der Waals surface area contributed by atoms with Crippen LogP contribution in [0.2, 0.25) is 0 Å². The van der Waals surface area contributed by atoms with Crippen molar-refractivity contribution in [3.05, 3.63) is 54.1 Å². The number of nitrogens with one attached hydrogen (secondary N) is 1. The zero-order chi connectivity index (χ0) is 14.5. The third-order valence-corrected chi connectivity index (χ3v) is 4.20. The van der Waals surface area contributed by atoms with Crippen molar-refractivity contribution in [2.75, 3.05) is 13.2 Å². The fourth-order valence-corrected chi connectivity index (χ4v) is 3.00. The Bertz CT molecular complexity index is 552. The molecular weight excluding hydrogens is 262 g/mol. The first kappa shape index (κ1) is 14.3. The second-order valence-corrected chi connectivity index (χ2v) is 5.73. The van der Waals surface area contributed by atoms with Crippen LogP contribution in [0.4, 0.5) is 0 Å². The Balaban J connectivity index is 1.59. The molecule has 0 spiro atoms. The van der Waals surface area contributed by atoms with E-state index in [1.807, 2.05) is 19.6 Å². The van der Waals surface area contributed by atoms with Crippen LogP contribution in [0.5, 0.6) is 0 Å². The van der Waals surface area contributed by atoms with Gasteiger partial charge in [-0.1, -0.05) is 30.3 Å². The molecule has 1 aliphatic heterocycles. The summed E-state index contributed by atoms with van der Waals surface area (Å²) in [5.41, 5.74) is 2.51. The van der Waals surface area contributed by atoms with Gasteiger partial charge in [0.1, 0.15) is 0 Å². The van der Waals surface area contributed by atoms with Crippen LogP contribution in [0.3, 0.4) is 0 Å². The van der Waals surface area contributed by atoms with Crippen LogP contribution >= 0.6 is 0 Å². The predicted octanol–water partition coefficient (Wildman–Crippen LogP) is 2.68. The molecule has 2 aromatic rings. The Morgan fingerprint density at radius 2 is 2.19 bits per heavy atom. The fourth-order valence-electron chi connectivity index (χ4n) is 3.00. The van der Waals surface area contributed by atoms with Gasteiger partial charge < -0.3 is 14.6 Å². The summed E-state index contributed by atoms with van der Waals surface area (Å²) in [6.07, 6.45) is 6.35. The van der Waals surface area contributed by atoms with Gasteiger partial charge in [0.25, 0.3) is 0 Å². The highest BCUT2D eigenvalue weighted by Crippen LogP contribution is 2.33. The molecule has 1 aliphatic rings. The number of hydrogen-bond donors (Lipinski definition) is 1. The van der Waals surface area contributed by atoms with E-state index in [-0.39, 0.29) is 6.10 Å². The topological polar surface area (TPSA) is 39.1 Å². The van der Waals surface area contributed by atoms with E-state index in [9.17, 15) is 0 Å². The predicted molar refractivity (Wildman–Crippen MR) is 82.8 cm³/mol. The van der Waals surface area contributed by atoms with Crippen molar-refractivity contribution < 1.29 is 4.74 Å². The number of aryl methyl sites for hydroxylation is 1. The van der Waals surface area contributed by atoms with E-state index in [0.717, 1.165) is 26.1 Å². The molecule has 4 nitrogen and oxygen atoms in total. The van der Waals surface area contributed by atoms with E-state index >= 15 is 0 Å². The largest absolute Gasteiger partial charge is 0.373 e. The molecule has 3 rings (SSSR count). The van der Waals surface area contributed by atoms with E-state index in [2.05, 4.69) is 45.2 Å². The van der Waals surface area contributed by atoms with Gasteiger partial charge in [0, 0.05) is 38.9 Å². The lowest BCUT2D eigenvalue weighted by molar-refractivity contribution is -0.0278. The zero-order valence-corrected chi connectivity index (χ0v) is 12.5. The summed E-state index contributed by atoms with van der Waals surface area (Å²) >= 11 is 0. The van der Waals surface area contributed by atoms with Crippen molar-refractivity contribution in [3.63, 3.8) is 0 Å². The quantitative estimate of drug-likeness (QED) is 0.918. The zero-order valence-electron chi connectivity index (χ0n) is 12.5. The molecule has 1 aromatic carbocycles. The van der Waals surface area contributed by atoms with Crippen molar-refractivity contribution >= 4 is 0 Å². The number of rotatable bonds is 5. The molecular formula is C17H23N3O. The number of nitrogens with zero attached hydrogens (tertiary/aromatic N) is 2. The standard InChI is InChI=1S/C17H23N3O/c1-20-13-19-12-16(20)11-18-10-15-8-5-9-21-17(15)14-6-3-2-4-7-14/h2-4,6-7,12-13,15,17-18H,5,8-11H2,1H3/t15-,17-/m0/s1. The molecule has 1 aromatic heterocycles. The second kappa shape index (κ2) is 6.87. The molecule has 112 valence electrons. The normalized spacial score (nSPS) is 22.3. The highest BCUT2D eigenvalue weighted by atomic mass is 16.5. The van der Waals surface area contributed by atoms with Gasteiger partial charge in [0.05, 0.1) is 18.1 Å². The molecule has 0 radical (unpaired) electrons. The SMILES string of the molecule is Cn1cncc1CNC[C@@H]1CCCO[C@H]1c1ccccc1. The van der Waals surface area contributed by atoms with Crippen molar-refractivity contribution in [1.29, 1.82) is 0 Å². The Morgan fingerprint density at radius 3 is 2.95 bits per heavy atom. The second-order valence-electron chi connectivity index (χ2n) is 5.73. The average Bonchev–Trinajstić information content (AvgIpc) is 2.94. The lowest BCUT2D eigenvalue weighted by Gasteiger charge is -2.32. The summed E-state index contributed by atoms with van der Waals surface area (Å²) in [5, 5.41) is 3.56. The first-order chi connectivity index (χ1) is 10.3. The third kappa shape index (κ3) is 3.52. The van der Waals surface area contributed by atoms with E-state index < -0.39 is 0 Å². The van der Waals surface area contributed by atoms with Crippen molar-refractivity contribution in [3.8, 4) is 0 Å². The minimum absolute atomic E-state index is 0.221. The highest BCUT2D eigenvalue weighted by Gasteiger charge is 2.26. The van der Waals surface area contributed by atoms with Crippen LogP contribution in [0, 0.1) is 5.92 Å². The third-order valence-electron chi connectivity index (χ3n) is 4.20. The molecule has 0 saturated carbocycles. The van der Waals surface area contributed by atoms with E-state index in [1.165, 1.54) is 17.7 Å². The van der Waals surface area contributed by atoms with Crippen LogP contribution in [0.1, 0.15) is 30.2 Å². The number of hydrogen-bond acceptors (Lipinski definition) is 3. The summed E-state index contributed by atoms with van der Waals surface area (Å²) < 4.78 is 8.09. The Labute approximate surface area is 126 Å². The van der Waals surface area contributed by atoms with Gasteiger partial charge in [-0.25, -0.2) is 4.98 Å². The molecule has 1 N–H and O–H groups in total. The number of benzene rings is 1. The molecule has 2 heterocycles. The smallest absolute Gasteiger partial charge is 0.0945 e. The van der Waals surface area contributed by atoms with Crippen molar-refractivity contribution in [2.24, 2.45) is 13.0 Å². The van der Waals surface area contributed by atoms with E-state index in [1.54, 1.807) is 0 Å². The molecule has 1 saturated heterocycles. The van der Waals surface area contributed by atoms with Crippen LogP contribution in [-0.2, 0) is 18.3 Å². The minimum Gasteiger partial charge on any atom is -0.373 e. The lowest BCUT2D eigenvalue weighted by atomic mass is 9.89. The van der Waals surface area contributed by atoms with E-state index in [0.29, 0.717) is 5.92 Å². The van der Waals surface area contributed by atoms with Gasteiger partial charge >= 0.3 is 0 Å². The molecule has 4 heteroatoms. The summed E-state index contributed by atoms with van der Waals surface area (Å²) in [4.78, 5) is 4.15. The van der Waals surface area contributed by atoms with Crippen molar-refractivity contribution in [1.82, 2.24) is 14.9 Å². The van der Waals surface area contributed by atoms with Crippen LogP contribution in [0.25, 0.3) is 0 Å². The maximum absolute atomic E-state index is 6.03. The molecule has 0 unspecified atom stereocenters. The van der Waals surface area contributed by atoms with Gasteiger partial charge in [-0.3, -0.25) is 0 Å². The van der Waals surface area contributed by atoms with Gasteiger partial charge in [0.15, 0.2) is 0 Å². The van der Waals surface area contributed by atoms with E-state index in [4.69, 9.17) is 4.74 Å². The maximum atomic E-state index is 6.03. The fraction of sp³-hybridized carbons (Fsp3) is 0.471. The molecule has 0 aliphatic carbocycles. The summed E-state index contributed by atoms with van der Waals surface area (Å²) in [6, 6.07) is 10.6. The van der Waals surface area contributed by atoms with Gasteiger partial charge in [0.2, 0.25) is 0 Å². The monoisotopic (exact) mass is 285 g/mol. The maximum Gasteiger partial charge on any atom is 0.0945 e. The lowest BCUT2D eigenvalue weighted by Crippen LogP contribution is -2.32. The summed E-state index contributed by atoms with van der Waals surface area (Å²) in [6.45, 7) is 2.71. The van der Waals surface area contributed by atoms with Gasteiger partial charge in [-0.2, -0.15) is 0 Å². The minimum atomic E-state index is 0.221. The Morgan fingerprint density at radius 1 is 1.33 bits per heavy atom. The number of ether oxygens (including phenoxy) is 1. The molecule has 0 amide bonds.